The predicted molar refractivity (Wildman–Crippen MR) is 58.1 cm³/mol. The van der Waals surface area contributed by atoms with Gasteiger partial charge in [-0.25, -0.2) is 0 Å². The van der Waals surface area contributed by atoms with Gasteiger partial charge in [0.05, 0.1) is 5.69 Å². The zero-order valence-corrected chi connectivity index (χ0v) is 7.99. The molecule has 0 saturated carbocycles. The van der Waals surface area contributed by atoms with Gasteiger partial charge in [0.25, 0.3) is 5.91 Å². The average molecular weight is 199 g/mol. The lowest BCUT2D eigenvalue weighted by atomic mass is 10.1. The number of amides is 1. The van der Waals surface area contributed by atoms with Crippen LogP contribution in [0.3, 0.4) is 0 Å². The number of nitrogens with one attached hydrogen (secondary N) is 1. The Hall–Kier alpha value is -2.03. The Labute approximate surface area is 86.7 Å². The van der Waals surface area contributed by atoms with Crippen molar-refractivity contribution in [3.8, 4) is 5.75 Å². The number of hydrogen-bond acceptors (Lipinski definition) is 2. The molecule has 0 aromatic heterocycles. The highest BCUT2D eigenvalue weighted by atomic mass is 16.5. The molecule has 0 atom stereocenters. The maximum atomic E-state index is 11.1. The number of carbonyl (C=O) groups excluding carboxylic acids is 1. The largest absolute Gasteiger partial charge is 0.481 e. The fraction of sp³-hybridized carbons (Fsp3) is 0.0833. The Morgan fingerprint density at radius 2 is 2.00 bits per heavy atom. The molecular weight excluding hydrogens is 190 g/mol. The van der Waals surface area contributed by atoms with Crippen LogP contribution in [-0.2, 0) is 4.79 Å². The van der Waals surface area contributed by atoms with E-state index in [9.17, 15) is 4.79 Å². The Balaban J connectivity index is 2.30. The minimum absolute atomic E-state index is 0.0982. The number of fused-ring (bicyclic) bond motifs is 3. The van der Waals surface area contributed by atoms with Crippen LogP contribution in [-0.4, -0.2) is 12.5 Å². The molecule has 2 aromatic carbocycles. The van der Waals surface area contributed by atoms with Crippen molar-refractivity contribution in [2.45, 2.75) is 0 Å². The number of hydrogen-bond donors (Lipinski definition) is 1. The lowest BCUT2D eigenvalue weighted by molar-refractivity contribution is -0.118. The van der Waals surface area contributed by atoms with Crippen molar-refractivity contribution in [3.63, 3.8) is 0 Å². The highest BCUT2D eigenvalue weighted by molar-refractivity contribution is 6.02. The summed E-state index contributed by atoms with van der Waals surface area (Å²) >= 11 is 0. The molecule has 0 saturated heterocycles. The molecular formula is C12H9NO2. The number of ether oxygens (including phenoxy) is 1. The van der Waals surface area contributed by atoms with E-state index in [4.69, 9.17) is 4.74 Å². The molecule has 1 N–H and O–H groups in total. The first-order valence-corrected chi connectivity index (χ1v) is 4.79. The van der Waals surface area contributed by atoms with Gasteiger partial charge in [-0.2, -0.15) is 0 Å². The maximum Gasteiger partial charge on any atom is 0.262 e. The normalized spacial score (nSPS) is 14.3. The standard InChI is InChI=1S/C12H9NO2/c14-11-7-15-12-9-4-2-1-3-8(9)5-6-10(12)13-11/h1-6H,7H2,(H,13,14). The van der Waals surface area contributed by atoms with Crippen LogP contribution in [0.4, 0.5) is 5.69 Å². The molecule has 3 nitrogen and oxygen atoms in total. The van der Waals surface area contributed by atoms with E-state index in [0.29, 0.717) is 0 Å². The van der Waals surface area contributed by atoms with E-state index in [1.54, 1.807) is 0 Å². The van der Waals surface area contributed by atoms with Gasteiger partial charge in [0.1, 0.15) is 0 Å². The van der Waals surface area contributed by atoms with Gasteiger partial charge in [0.2, 0.25) is 0 Å². The molecule has 1 amide bonds. The first-order chi connectivity index (χ1) is 7.34. The third-order valence-electron chi connectivity index (χ3n) is 2.50. The molecule has 0 fully saturated rings. The number of anilines is 1. The highest BCUT2D eigenvalue weighted by Crippen LogP contribution is 2.35. The molecule has 0 bridgehead atoms. The molecule has 3 rings (SSSR count). The molecule has 74 valence electrons. The van der Waals surface area contributed by atoms with Gasteiger partial charge in [-0.05, 0) is 11.5 Å². The van der Waals surface area contributed by atoms with E-state index >= 15 is 0 Å². The second-order valence-electron chi connectivity index (χ2n) is 3.50. The third-order valence-corrected chi connectivity index (χ3v) is 2.50. The van der Waals surface area contributed by atoms with Crippen molar-refractivity contribution < 1.29 is 9.53 Å². The van der Waals surface area contributed by atoms with Gasteiger partial charge >= 0.3 is 0 Å². The van der Waals surface area contributed by atoms with Crippen LogP contribution >= 0.6 is 0 Å². The fourth-order valence-corrected chi connectivity index (χ4v) is 1.82. The second kappa shape index (κ2) is 2.98. The van der Waals surface area contributed by atoms with Crippen molar-refractivity contribution in [2.75, 3.05) is 11.9 Å². The molecule has 1 aliphatic heterocycles. The summed E-state index contributed by atoms with van der Waals surface area (Å²) in [6.07, 6.45) is 0. The highest BCUT2D eigenvalue weighted by Gasteiger charge is 2.17. The third kappa shape index (κ3) is 1.24. The van der Waals surface area contributed by atoms with E-state index in [0.717, 1.165) is 22.2 Å². The molecule has 1 aliphatic rings. The summed E-state index contributed by atoms with van der Waals surface area (Å²) in [5.41, 5.74) is 0.755. The van der Waals surface area contributed by atoms with Gasteiger partial charge in [0.15, 0.2) is 12.4 Å². The van der Waals surface area contributed by atoms with E-state index < -0.39 is 0 Å². The molecule has 0 spiro atoms. The van der Waals surface area contributed by atoms with Crippen molar-refractivity contribution in [3.05, 3.63) is 36.4 Å². The summed E-state index contributed by atoms with van der Waals surface area (Å²) in [5.74, 6) is 0.672. The lowest BCUT2D eigenvalue weighted by Crippen LogP contribution is -2.25. The van der Waals surface area contributed by atoms with Crippen LogP contribution in [0, 0.1) is 0 Å². The summed E-state index contributed by atoms with van der Waals surface area (Å²) < 4.78 is 5.44. The van der Waals surface area contributed by atoms with E-state index in [2.05, 4.69) is 5.32 Å². The number of carbonyl (C=O) groups is 1. The van der Waals surface area contributed by atoms with Crippen molar-refractivity contribution >= 4 is 22.4 Å². The summed E-state index contributed by atoms with van der Waals surface area (Å²) in [4.78, 5) is 11.1. The SMILES string of the molecule is O=C1COc2c(ccc3ccccc23)N1. The zero-order valence-electron chi connectivity index (χ0n) is 7.99. The van der Waals surface area contributed by atoms with Crippen molar-refractivity contribution in [2.24, 2.45) is 0 Å². The molecule has 0 aliphatic carbocycles. The summed E-state index contributed by atoms with van der Waals surface area (Å²) in [7, 11) is 0. The molecule has 2 aromatic rings. The number of benzene rings is 2. The van der Waals surface area contributed by atoms with Crippen LogP contribution in [0.5, 0.6) is 5.75 Å². The Morgan fingerprint density at radius 3 is 2.93 bits per heavy atom. The fourth-order valence-electron chi connectivity index (χ4n) is 1.82. The molecule has 1 heterocycles. The quantitative estimate of drug-likeness (QED) is 0.706. The van der Waals surface area contributed by atoms with Crippen LogP contribution in [0.15, 0.2) is 36.4 Å². The first kappa shape index (κ1) is 8.29. The van der Waals surface area contributed by atoms with Crippen molar-refractivity contribution in [1.29, 1.82) is 0 Å². The van der Waals surface area contributed by atoms with Crippen molar-refractivity contribution in [1.82, 2.24) is 0 Å². The second-order valence-corrected chi connectivity index (χ2v) is 3.50. The Bertz CT molecular complexity index is 548. The van der Waals surface area contributed by atoms with Gasteiger partial charge < -0.3 is 10.1 Å². The Kier molecular flexibility index (Phi) is 1.65. The minimum Gasteiger partial charge on any atom is -0.481 e. The van der Waals surface area contributed by atoms with Gasteiger partial charge in [-0.1, -0.05) is 30.3 Å². The van der Waals surface area contributed by atoms with E-state index in [1.807, 2.05) is 36.4 Å². The first-order valence-electron chi connectivity index (χ1n) is 4.79. The lowest BCUT2D eigenvalue weighted by Gasteiger charge is -2.19. The zero-order chi connectivity index (χ0) is 10.3. The van der Waals surface area contributed by atoms with Crippen LogP contribution in [0.25, 0.3) is 10.8 Å². The van der Waals surface area contributed by atoms with Gasteiger partial charge in [-0.15, -0.1) is 0 Å². The van der Waals surface area contributed by atoms with E-state index in [1.165, 1.54) is 0 Å². The summed E-state index contributed by atoms with van der Waals surface area (Å²) in [5, 5.41) is 4.94. The average Bonchev–Trinajstić information content (AvgIpc) is 2.28. The van der Waals surface area contributed by atoms with Gasteiger partial charge in [0, 0.05) is 5.39 Å². The maximum absolute atomic E-state index is 11.1. The topological polar surface area (TPSA) is 38.3 Å². The van der Waals surface area contributed by atoms with Gasteiger partial charge in [-0.3, -0.25) is 4.79 Å². The molecule has 0 unspecified atom stereocenters. The number of rotatable bonds is 0. The minimum atomic E-state index is -0.0993. The molecule has 3 heteroatoms. The summed E-state index contributed by atoms with van der Waals surface area (Å²) in [6, 6.07) is 11.8. The smallest absolute Gasteiger partial charge is 0.262 e. The van der Waals surface area contributed by atoms with Crippen LogP contribution < -0.4 is 10.1 Å². The van der Waals surface area contributed by atoms with E-state index in [-0.39, 0.29) is 12.5 Å². The van der Waals surface area contributed by atoms with Crippen LogP contribution in [0.1, 0.15) is 0 Å². The molecule has 0 radical (unpaired) electrons. The summed E-state index contributed by atoms with van der Waals surface area (Å²) in [6.45, 7) is 0.0982. The van der Waals surface area contributed by atoms with Crippen LogP contribution in [0.2, 0.25) is 0 Å². The predicted octanol–water partition coefficient (Wildman–Crippen LogP) is 2.17. The molecule has 15 heavy (non-hydrogen) atoms. The Morgan fingerprint density at radius 1 is 1.13 bits per heavy atom. The monoisotopic (exact) mass is 199 g/mol.